The van der Waals surface area contributed by atoms with Crippen LogP contribution in [0.15, 0.2) is 18.2 Å². The Balaban J connectivity index is 3.02. The highest BCUT2D eigenvalue weighted by Crippen LogP contribution is 2.21. The number of aliphatic hydroxyl groups excluding tert-OH is 3. The molecule has 0 aliphatic heterocycles. The van der Waals surface area contributed by atoms with Crippen molar-refractivity contribution in [1.29, 1.82) is 0 Å². The van der Waals surface area contributed by atoms with Gasteiger partial charge in [0.15, 0.2) is 0 Å². The molecule has 0 saturated heterocycles. The van der Waals surface area contributed by atoms with E-state index in [1.165, 1.54) is 6.07 Å². The minimum absolute atomic E-state index is 0.0504. The van der Waals surface area contributed by atoms with Crippen LogP contribution in [0.4, 0.5) is 4.39 Å². The predicted molar refractivity (Wildman–Crippen MR) is 60.4 cm³/mol. The molecule has 5 nitrogen and oxygen atoms in total. The van der Waals surface area contributed by atoms with Gasteiger partial charge in [-0.2, -0.15) is 0 Å². The van der Waals surface area contributed by atoms with Crippen LogP contribution in [0.2, 0.25) is 0 Å². The summed E-state index contributed by atoms with van der Waals surface area (Å²) in [5, 5.41) is 27.9. The van der Waals surface area contributed by atoms with Crippen LogP contribution in [0.3, 0.4) is 0 Å². The van der Waals surface area contributed by atoms with Gasteiger partial charge in [0, 0.05) is 6.61 Å². The maximum Gasteiger partial charge on any atom is 0.337 e. The Bertz CT molecular complexity index is 421. The number of aliphatic hydroxyl groups is 3. The summed E-state index contributed by atoms with van der Waals surface area (Å²) in [6.45, 7) is -0.308. The smallest absolute Gasteiger partial charge is 0.337 e. The summed E-state index contributed by atoms with van der Waals surface area (Å²) in [5.41, 5.74) is -0.000835. The summed E-state index contributed by atoms with van der Waals surface area (Å²) < 4.78 is 17.7. The highest BCUT2D eigenvalue weighted by Gasteiger charge is 2.20. The molecule has 0 fully saturated rings. The zero-order chi connectivity index (χ0) is 13.7. The minimum atomic E-state index is -1.38. The minimum Gasteiger partial charge on any atom is -0.465 e. The zero-order valence-electron chi connectivity index (χ0n) is 9.84. The Kier molecular flexibility index (Phi) is 5.21. The Labute approximate surface area is 103 Å². The standard InChI is InChI=1S/C12H15FO5/c1-18-12(17)8-4-7(5-9(13)6-8)11(16)10(15)2-3-14/h4-6,10-11,14-16H,2-3H2,1H3. The summed E-state index contributed by atoms with van der Waals surface area (Å²) in [6, 6.07) is 3.22. The number of carbonyl (C=O) groups excluding carboxylic acids is 1. The third kappa shape index (κ3) is 3.49. The van der Waals surface area contributed by atoms with Crippen LogP contribution in [-0.2, 0) is 4.74 Å². The van der Waals surface area contributed by atoms with Gasteiger partial charge >= 0.3 is 5.97 Å². The Morgan fingerprint density at radius 3 is 2.61 bits per heavy atom. The summed E-state index contributed by atoms with van der Waals surface area (Å²) >= 11 is 0. The number of halogens is 1. The fourth-order valence-corrected chi connectivity index (χ4v) is 1.53. The van der Waals surface area contributed by atoms with Gasteiger partial charge in [0.1, 0.15) is 11.9 Å². The fourth-order valence-electron chi connectivity index (χ4n) is 1.53. The van der Waals surface area contributed by atoms with Crippen molar-refractivity contribution in [3.8, 4) is 0 Å². The van der Waals surface area contributed by atoms with Gasteiger partial charge in [0.2, 0.25) is 0 Å². The van der Waals surface area contributed by atoms with Crippen LogP contribution in [0.5, 0.6) is 0 Å². The quantitative estimate of drug-likeness (QED) is 0.665. The van der Waals surface area contributed by atoms with Crippen LogP contribution < -0.4 is 0 Å². The molecule has 0 aromatic heterocycles. The zero-order valence-corrected chi connectivity index (χ0v) is 9.84. The number of hydrogen-bond donors (Lipinski definition) is 3. The van der Waals surface area contributed by atoms with Crippen LogP contribution in [-0.4, -0.2) is 41.1 Å². The van der Waals surface area contributed by atoms with Crippen molar-refractivity contribution in [2.24, 2.45) is 0 Å². The van der Waals surface area contributed by atoms with Crippen LogP contribution >= 0.6 is 0 Å². The molecule has 0 radical (unpaired) electrons. The Morgan fingerprint density at radius 1 is 1.39 bits per heavy atom. The van der Waals surface area contributed by atoms with E-state index in [1.54, 1.807) is 0 Å². The molecule has 2 atom stereocenters. The van der Waals surface area contributed by atoms with Gasteiger partial charge in [-0.15, -0.1) is 0 Å². The first-order valence-corrected chi connectivity index (χ1v) is 5.35. The van der Waals surface area contributed by atoms with Gasteiger partial charge in [0.05, 0.1) is 18.8 Å². The highest BCUT2D eigenvalue weighted by molar-refractivity contribution is 5.89. The molecule has 0 spiro atoms. The summed E-state index contributed by atoms with van der Waals surface area (Å²) in [4.78, 5) is 11.3. The lowest BCUT2D eigenvalue weighted by Crippen LogP contribution is -2.20. The molecule has 0 heterocycles. The van der Waals surface area contributed by atoms with Crippen molar-refractivity contribution >= 4 is 5.97 Å². The average Bonchev–Trinajstić information content (AvgIpc) is 2.36. The van der Waals surface area contributed by atoms with E-state index < -0.39 is 24.0 Å². The monoisotopic (exact) mass is 258 g/mol. The molecule has 2 unspecified atom stereocenters. The lowest BCUT2D eigenvalue weighted by molar-refractivity contribution is 0.00399. The molecule has 0 bridgehead atoms. The second kappa shape index (κ2) is 6.44. The summed E-state index contributed by atoms with van der Waals surface area (Å²) in [7, 11) is 1.16. The maximum atomic E-state index is 13.3. The second-order valence-electron chi connectivity index (χ2n) is 3.79. The molecule has 100 valence electrons. The average molecular weight is 258 g/mol. The van der Waals surface area contributed by atoms with E-state index in [0.717, 1.165) is 19.2 Å². The van der Waals surface area contributed by atoms with Gasteiger partial charge < -0.3 is 20.1 Å². The Hall–Kier alpha value is -1.50. The van der Waals surface area contributed by atoms with E-state index in [2.05, 4.69) is 4.74 Å². The van der Waals surface area contributed by atoms with Crippen molar-refractivity contribution in [2.45, 2.75) is 18.6 Å². The van der Waals surface area contributed by atoms with E-state index in [9.17, 15) is 19.4 Å². The van der Waals surface area contributed by atoms with E-state index >= 15 is 0 Å². The van der Waals surface area contributed by atoms with Crippen LogP contribution in [0, 0.1) is 5.82 Å². The van der Waals surface area contributed by atoms with Crippen LogP contribution in [0.25, 0.3) is 0 Å². The van der Waals surface area contributed by atoms with Gasteiger partial charge in [-0.1, -0.05) is 0 Å². The van der Waals surface area contributed by atoms with E-state index in [4.69, 9.17) is 5.11 Å². The second-order valence-corrected chi connectivity index (χ2v) is 3.79. The molecule has 0 amide bonds. The van der Waals surface area contributed by atoms with Crippen molar-refractivity contribution in [2.75, 3.05) is 13.7 Å². The summed E-state index contributed by atoms with van der Waals surface area (Å²) in [6.07, 6.45) is -2.66. The van der Waals surface area contributed by atoms with Crippen molar-refractivity contribution in [3.05, 3.63) is 35.1 Å². The topological polar surface area (TPSA) is 87.0 Å². The lowest BCUT2D eigenvalue weighted by atomic mass is 10.00. The van der Waals surface area contributed by atoms with E-state index in [-0.39, 0.29) is 24.2 Å². The summed E-state index contributed by atoms with van der Waals surface area (Å²) in [5.74, 6) is -1.46. The van der Waals surface area contributed by atoms with Crippen molar-refractivity contribution in [3.63, 3.8) is 0 Å². The third-order valence-electron chi connectivity index (χ3n) is 2.47. The van der Waals surface area contributed by atoms with E-state index in [1.807, 2.05) is 0 Å². The lowest BCUT2D eigenvalue weighted by Gasteiger charge is -2.17. The molecule has 18 heavy (non-hydrogen) atoms. The number of hydrogen-bond acceptors (Lipinski definition) is 5. The fraction of sp³-hybridized carbons (Fsp3) is 0.417. The molecule has 1 rings (SSSR count). The number of rotatable bonds is 5. The first kappa shape index (κ1) is 14.6. The molecule has 0 aliphatic carbocycles. The largest absolute Gasteiger partial charge is 0.465 e. The molecule has 0 saturated carbocycles. The Morgan fingerprint density at radius 2 is 2.06 bits per heavy atom. The molecule has 6 heteroatoms. The van der Waals surface area contributed by atoms with Gasteiger partial charge in [-0.3, -0.25) is 0 Å². The van der Waals surface area contributed by atoms with Gasteiger partial charge in [-0.05, 0) is 30.2 Å². The number of carbonyl (C=O) groups is 1. The molecular weight excluding hydrogens is 243 g/mol. The number of methoxy groups -OCH3 is 1. The van der Waals surface area contributed by atoms with Crippen molar-refractivity contribution < 1.29 is 29.2 Å². The number of ether oxygens (including phenoxy) is 1. The molecular formula is C12H15FO5. The van der Waals surface area contributed by atoms with Crippen LogP contribution in [0.1, 0.15) is 28.4 Å². The molecule has 1 aromatic rings. The maximum absolute atomic E-state index is 13.3. The normalized spacial score (nSPS) is 14.1. The molecule has 3 N–H and O–H groups in total. The third-order valence-corrected chi connectivity index (χ3v) is 2.47. The van der Waals surface area contributed by atoms with Gasteiger partial charge in [0.25, 0.3) is 0 Å². The highest BCUT2D eigenvalue weighted by atomic mass is 19.1. The number of esters is 1. The predicted octanol–water partition coefficient (Wildman–Crippen LogP) is 0.389. The first-order valence-electron chi connectivity index (χ1n) is 5.35. The SMILES string of the molecule is COC(=O)c1cc(F)cc(C(O)C(O)CCO)c1. The molecule has 1 aromatic carbocycles. The first-order chi connectivity index (χ1) is 8.49. The van der Waals surface area contributed by atoms with E-state index in [0.29, 0.717) is 0 Å². The van der Waals surface area contributed by atoms with Crippen molar-refractivity contribution in [1.82, 2.24) is 0 Å². The number of benzene rings is 1. The van der Waals surface area contributed by atoms with Gasteiger partial charge in [-0.25, -0.2) is 9.18 Å². The molecule has 0 aliphatic rings.